The van der Waals surface area contributed by atoms with Crippen LogP contribution in [0.2, 0.25) is 0 Å². The summed E-state index contributed by atoms with van der Waals surface area (Å²) in [6.07, 6.45) is 1.57. The third-order valence-electron chi connectivity index (χ3n) is 2.73. The lowest BCUT2D eigenvalue weighted by atomic mass is 10.1. The van der Waals surface area contributed by atoms with Crippen molar-refractivity contribution in [2.75, 3.05) is 18.9 Å². The van der Waals surface area contributed by atoms with Crippen LogP contribution in [0.4, 0.5) is 5.69 Å². The number of nitrogens with two attached hydrogens (primary N) is 1. The van der Waals surface area contributed by atoms with Gasteiger partial charge in [0.25, 0.3) is 5.91 Å². The number of H-pyrrole nitrogens is 1. The minimum Gasteiger partial charge on any atom is -0.399 e. The first-order chi connectivity index (χ1) is 8.65. The molecule has 18 heavy (non-hydrogen) atoms. The number of anilines is 1. The lowest BCUT2D eigenvalue weighted by Crippen LogP contribution is -2.40. The summed E-state index contributed by atoms with van der Waals surface area (Å²) < 4.78 is 0. The van der Waals surface area contributed by atoms with Gasteiger partial charge in [-0.05, 0) is 18.2 Å². The van der Waals surface area contributed by atoms with Crippen molar-refractivity contribution in [2.24, 2.45) is 0 Å². The monoisotopic (exact) mass is 249 g/mol. The van der Waals surface area contributed by atoms with E-state index in [9.17, 15) is 4.79 Å². The summed E-state index contributed by atoms with van der Waals surface area (Å²) in [4.78, 5) is 14.9. The van der Waals surface area contributed by atoms with Crippen molar-refractivity contribution < 1.29 is 15.0 Å². The predicted octanol–water partition coefficient (Wildman–Crippen LogP) is -0.167. The molecule has 6 heteroatoms. The molecule has 0 saturated carbocycles. The van der Waals surface area contributed by atoms with Crippen LogP contribution in [0.1, 0.15) is 10.4 Å². The Kier molecular flexibility index (Phi) is 3.50. The van der Waals surface area contributed by atoms with Gasteiger partial charge < -0.3 is 26.2 Å². The van der Waals surface area contributed by atoms with E-state index in [1.165, 1.54) is 0 Å². The average Bonchev–Trinajstić information content (AvgIpc) is 2.78. The zero-order valence-electron chi connectivity index (χ0n) is 9.68. The second-order valence-electron chi connectivity index (χ2n) is 4.04. The molecule has 0 fully saturated rings. The number of aliphatic hydroxyl groups excluding tert-OH is 2. The number of fused-ring (bicyclic) bond motifs is 1. The van der Waals surface area contributed by atoms with Crippen LogP contribution >= 0.6 is 0 Å². The Morgan fingerprint density at radius 3 is 2.78 bits per heavy atom. The molecule has 1 heterocycles. The van der Waals surface area contributed by atoms with Crippen molar-refractivity contribution in [3.8, 4) is 0 Å². The summed E-state index contributed by atoms with van der Waals surface area (Å²) in [6.45, 7) is -0.616. The molecule has 1 aromatic carbocycles. The van der Waals surface area contributed by atoms with Gasteiger partial charge in [0.15, 0.2) is 0 Å². The van der Waals surface area contributed by atoms with Crippen LogP contribution in [0.25, 0.3) is 10.9 Å². The van der Waals surface area contributed by atoms with E-state index in [4.69, 9.17) is 15.9 Å². The van der Waals surface area contributed by atoms with Crippen LogP contribution < -0.4 is 11.1 Å². The summed E-state index contributed by atoms with van der Waals surface area (Å²) in [5.74, 6) is -0.348. The number of amides is 1. The Bertz CT molecular complexity index is 561. The van der Waals surface area contributed by atoms with E-state index < -0.39 is 6.04 Å². The summed E-state index contributed by atoms with van der Waals surface area (Å²) in [7, 11) is 0. The van der Waals surface area contributed by atoms with Crippen LogP contribution in [0.5, 0.6) is 0 Å². The molecule has 96 valence electrons. The Hall–Kier alpha value is -2.05. The van der Waals surface area contributed by atoms with Gasteiger partial charge in [0.2, 0.25) is 0 Å². The van der Waals surface area contributed by atoms with Crippen LogP contribution in [0.15, 0.2) is 24.4 Å². The molecule has 6 nitrogen and oxygen atoms in total. The first-order valence-corrected chi connectivity index (χ1v) is 5.55. The average molecular weight is 249 g/mol. The molecule has 0 aliphatic carbocycles. The second kappa shape index (κ2) is 5.07. The number of hydrogen-bond acceptors (Lipinski definition) is 4. The minimum atomic E-state index is -0.656. The number of nitrogens with one attached hydrogen (secondary N) is 2. The van der Waals surface area contributed by atoms with Gasteiger partial charge in [-0.2, -0.15) is 0 Å². The van der Waals surface area contributed by atoms with Crippen LogP contribution in [0, 0.1) is 0 Å². The Morgan fingerprint density at radius 2 is 2.11 bits per heavy atom. The van der Waals surface area contributed by atoms with Gasteiger partial charge in [0.05, 0.1) is 24.8 Å². The molecular formula is C12H15N3O3. The zero-order chi connectivity index (χ0) is 13.1. The highest BCUT2D eigenvalue weighted by atomic mass is 16.3. The first-order valence-electron chi connectivity index (χ1n) is 5.55. The Morgan fingerprint density at radius 1 is 1.39 bits per heavy atom. The van der Waals surface area contributed by atoms with E-state index in [1.807, 2.05) is 0 Å². The molecule has 1 amide bonds. The number of aromatic amines is 1. The lowest BCUT2D eigenvalue weighted by Gasteiger charge is -2.12. The van der Waals surface area contributed by atoms with Gasteiger partial charge in [-0.3, -0.25) is 4.79 Å². The zero-order valence-corrected chi connectivity index (χ0v) is 9.68. The Labute approximate surface area is 103 Å². The summed E-state index contributed by atoms with van der Waals surface area (Å²) in [5.41, 5.74) is 7.48. The van der Waals surface area contributed by atoms with Gasteiger partial charge in [-0.1, -0.05) is 0 Å². The Balaban J connectivity index is 2.28. The van der Waals surface area contributed by atoms with Crippen molar-refractivity contribution in [2.45, 2.75) is 6.04 Å². The van der Waals surface area contributed by atoms with Gasteiger partial charge in [-0.25, -0.2) is 0 Å². The number of carbonyl (C=O) groups is 1. The van der Waals surface area contributed by atoms with Gasteiger partial charge in [0, 0.05) is 22.8 Å². The largest absolute Gasteiger partial charge is 0.399 e. The lowest BCUT2D eigenvalue weighted by molar-refractivity contribution is 0.0881. The van der Waals surface area contributed by atoms with Crippen molar-refractivity contribution in [3.63, 3.8) is 0 Å². The SMILES string of the molecule is Nc1ccc2c(C(=O)NC(CO)CO)c[nH]c2c1. The van der Waals surface area contributed by atoms with E-state index in [0.29, 0.717) is 11.3 Å². The van der Waals surface area contributed by atoms with Gasteiger partial charge in [0.1, 0.15) is 0 Å². The van der Waals surface area contributed by atoms with E-state index >= 15 is 0 Å². The quantitative estimate of drug-likeness (QED) is 0.484. The van der Waals surface area contributed by atoms with E-state index in [-0.39, 0.29) is 19.1 Å². The summed E-state index contributed by atoms with van der Waals surface area (Å²) in [5, 5.41) is 21.1. The molecule has 0 radical (unpaired) electrons. The maximum absolute atomic E-state index is 11.9. The predicted molar refractivity (Wildman–Crippen MR) is 68.1 cm³/mol. The van der Waals surface area contributed by atoms with Gasteiger partial charge >= 0.3 is 0 Å². The normalized spacial score (nSPS) is 11.1. The molecule has 2 aromatic rings. The number of aromatic nitrogens is 1. The standard InChI is InChI=1S/C12H15N3O3/c13-7-1-2-9-10(4-14-11(9)3-7)12(18)15-8(5-16)6-17/h1-4,8,14,16-17H,5-6,13H2,(H,15,18). The van der Waals surface area contributed by atoms with Crippen molar-refractivity contribution >= 4 is 22.5 Å². The fourth-order valence-electron chi connectivity index (χ4n) is 1.74. The summed E-state index contributed by atoms with van der Waals surface area (Å²) >= 11 is 0. The molecule has 0 unspecified atom stereocenters. The number of rotatable bonds is 4. The molecule has 2 rings (SSSR count). The molecule has 0 aliphatic rings. The van der Waals surface area contributed by atoms with Crippen molar-refractivity contribution in [3.05, 3.63) is 30.0 Å². The van der Waals surface area contributed by atoms with Crippen molar-refractivity contribution in [1.82, 2.24) is 10.3 Å². The number of aliphatic hydroxyl groups is 2. The maximum Gasteiger partial charge on any atom is 0.253 e. The second-order valence-corrected chi connectivity index (χ2v) is 4.04. The fraction of sp³-hybridized carbons (Fsp3) is 0.250. The van der Waals surface area contributed by atoms with Crippen LogP contribution in [-0.2, 0) is 0 Å². The summed E-state index contributed by atoms with van der Waals surface area (Å²) in [6, 6.07) is 4.55. The minimum absolute atomic E-state index is 0.308. The topological polar surface area (TPSA) is 111 Å². The van der Waals surface area contributed by atoms with Crippen LogP contribution in [0.3, 0.4) is 0 Å². The number of carbonyl (C=O) groups excluding carboxylic acids is 1. The smallest absolute Gasteiger partial charge is 0.253 e. The molecule has 0 aliphatic heterocycles. The molecule has 0 saturated heterocycles. The number of benzene rings is 1. The van der Waals surface area contributed by atoms with E-state index in [0.717, 1.165) is 10.9 Å². The highest BCUT2D eigenvalue weighted by molar-refractivity contribution is 6.07. The molecule has 6 N–H and O–H groups in total. The first kappa shape index (κ1) is 12.4. The van der Waals surface area contributed by atoms with Gasteiger partial charge in [-0.15, -0.1) is 0 Å². The number of nitrogen functional groups attached to an aromatic ring is 1. The molecular weight excluding hydrogens is 234 g/mol. The third kappa shape index (κ3) is 2.29. The molecule has 0 bridgehead atoms. The van der Waals surface area contributed by atoms with E-state index in [1.54, 1.807) is 24.4 Å². The molecule has 1 aromatic heterocycles. The fourth-order valence-corrected chi connectivity index (χ4v) is 1.74. The maximum atomic E-state index is 11.9. The number of hydrogen-bond donors (Lipinski definition) is 5. The van der Waals surface area contributed by atoms with Crippen LogP contribution in [-0.4, -0.2) is 40.4 Å². The molecule has 0 spiro atoms. The van der Waals surface area contributed by atoms with E-state index in [2.05, 4.69) is 10.3 Å². The highest BCUT2D eigenvalue weighted by Gasteiger charge is 2.15. The third-order valence-corrected chi connectivity index (χ3v) is 2.73. The highest BCUT2D eigenvalue weighted by Crippen LogP contribution is 2.20. The van der Waals surface area contributed by atoms with Crippen molar-refractivity contribution in [1.29, 1.82) is 0 Å². The molecule has 0 atom stereocenters.